The van der Waals surface area contributed by atoms with Crippen molar-refractivity contribution in [3.63, 3.8) is 0 Å². The highest BCUT2D eigenvalue weighted by Gasteiger charge is 2.36. The molecule has 0 saturated carbocycles. The third-order valence-corrected chi connectivity index (χ3v) is 4.00. The first kappa shape index (κ1) is 12.4. The zero-order chi connectivity index (χ0) is 12.5. The number of carboxylic acids is 1. The summed E-state index contributed by atoms with van der Waals surface area (Å²) in [6, 6.07) is 8.08. The molecule has 2 rings (SSSR count). The van der Waals surface area contributed by atoms with E-state index in [-0.39, 0.29) is 11.8 Å². The van der Waals surface area contributed by atoms with Crippen LogP contribution in [-0.2, 0) is 4.79 Å². The van der Waals surface area contributed by atoms with E-state index in [1.807, 2.05) is 18.2 Å². The van der Waals surface area contributed by atoms with E-state index < -0.39 is 5.97 Å². The molecule has 1 aliphatic heterocycles. The van der Waals surface area contributed by atoms with Gasteiger partial charge in [-0.3, -0.25) is 4.79 Å². The lowest BCUT2D eigenvalue weighted by Gasteiger charge is -2.24. The lowest BCUT2D eigenvalue weighted by atomic mass is 9.86. The van der Waals surface area contributed by atoms with Gasteiger partial charge in [0.2, 0.25) is 0 Å². The number of hydrogen-bond donors (Lipinski definition) is 1. The first-order valence-corrected chi connectivity index (χ1v) is 6.51. The van der Waals surface area contributed by atoms with Crippen LogP contribution in [0.1, 0.15) is 19.8 Å². The lowest BCUT2D eigenvalue weighted by Crippen LogP contribution is -2.27. The molecule has 17 heavy (non-hydrogen) atoms. The quantitative estimate of drug-likeness (QED) is 0.932. The molecular weight excluding hydrogens is 282 g/mol. The minimum atomic E-state index is -0.707. The summed E-state index contributed by atoms with van der Waals surface area (Å²) in [7, 11) is 0. The van der Waals surface area contributed by atoms with Crippen molar-refractivity contribution in [2.45, 2.75) is 19.8 Å². The van der Waals surface area contributed by atoms with Gasteiger partial charge < -0.3 is 10.0 Å². The smallest absolute Gasteiger partial charge is 0.303 e. The van der Waals surface area contributed by atoms with Crippen molar-refractivity contribution in [2.75, 3.05) is 18.0 Å². The number of benzene rings is 1. The Morgan fingerprint density at radius 2 is 2.24 bits per heavy atom. The van der Waals surface area contributed by atoms with E-state index in [2.05, 4.69) is 33.8 Å². The average molecular weight is 298 g/mol. The molecule has 92 valence electrons. The summed E-state index contributed by atoms with van der Waals surface area (Å²) in [5.41, 5.74) is 1.04. The maximum atomic E-state index is 10.8. The number of anilines is 1. The third-order valence-electron chi connectivity index (χ3n) is 3.33. The molecule has 3 nitrogen and oxygen atoms in total. The molecule has 1 saturated heterocycles. The van der Waals surface area contributed by atoms with Crippen LogP contribution in [0.15, 0.2) is 28.7 Å². The summed E-state index contributed by atoms with van der Waals surface area (Å²) in [4.78, 5) is 13.1. The second-order valence-electron chi connectivity index (χ2n) is 5.00. The zero-order valence-electron chi connectivity index (χ0n) is 9.82. The van der Waals surface area contributed by atoms with Crippen LogP contribution in [0, 0.1) is 5.41 Å². The van der Waals surface area contributed by atoms with Gasteiger partial charge in [-0.05, 0) is 39.9 Å². The maximum Gasteiger partial charge on any atom is 0.303 e. The van der Waals surface area contributed by atoms with Crippen LogP contribution in [0.5, 0.6) is 0 Å². The third kappa shape index (κ3) is 2.80. The Labute approximate surface area is 110 Å². The number of nitrogens with zero attached hydrogens (tertiary/aromatic N) is 1. The van der Waals surface area contributed by atoms with Gasteiger partial charge in [0.05, 0.1) is 12.1 Å². The largest absolute Gasteiger partial charge is 0.481 e. The van der Waals surface area contributed by atoms with Crippen molar-refractivity contribution in [2.24, 2.45) is 5.41 Å². The highest BCUT2D eigenvalue weighted by Crippen LogP contribution is 2.38. The standard InChI is InChI=1S/C13H16BrNO2/c1-13(8-12(16)17)6-7-15(9-13)11-5-3-2-4-10(11)14/h2-5H,6-9H2,1H3,(H,16,17). The normalized spacial score (nSPS) is 24.0. The van der Waals surface area contributed by atoms with E-state index >= 15 is 0 Å². The molecule has 1 atom stereocenters. The van der Waals surface area contributed by atoms with Gasteiger partial charge in [-0.25, -0.2) is 0 Å². The summed E-state index contributed by atoms with van der Waals surface area (Å²) < 4.78 is 1.07. The van der Waals surface area contributed by atoms with Gasteiger partial charge in [0.25, 0.3) is 0 Å². The first-order valence-electron chi connectivity index (χ1n) is 5.71. The summed E-state index contributed by atoms with van der Waals surface area (Å²) in [5.74, 6) is -0.707. The van der Waals surface area contributed by atoms with Crippen LogP contribution in [0.3, 0.4) is 0 Å². The predicted octanol–water partition coefficient (Wildman–Crippen LogP) is 3.14. The van der Waals surface area contributed by atoms with Gasteiger partial charge in [-0.1, -0.05) is 19.1 Å². The Bertz CT molecular complexity index is 435. The fourth-order valence-electron chi connectivity index (χ4n) is 2.45. The highest BCUT2D eigenvalue weighted by molar-refractivity contribution is 9.10. The van der Waals surface area contributed by atoms with Crippen LogP contribution in [0.25, 0.3) is 0 Å². The minimum Gasteiger partial charge on any atom is -0.481 e. The van der Waals surface area contributed by atoms with Crippen LogP contribution in [0.2, 0.25) is 0 Å². The molecule has 0 bridgehead atoms. The molecular formula is C13H16BrNO2. The summed E-state index contributed by atoms with van der Waals surface area (Å²) in [6.07, 6.45) is 1.18. The maximum absolute atomic E-state index is 10.8. The van der Waals surface area contributed by atoms with Gasteiger partial charge >= 0.3 is 5.97 Å². The van der Waals surface area contributed by atoms with Crippen molar-refractivity contribution in [1.82, 2.24) is 0 Å². The number of hydrogen-bond acceptors (Lipinski definition) is 2. The molecule has 1 aromatic carbocycles. The van der Waals surface area contributed by atoms with Gasteiger partial charge in [-0.15, -0.1) is 0 Å². The Balaban J connectivity index is 2.13. The molecule has 1 heterocycles. The Morgan fingerprint density at radius 3 is 2.88 bits per heavy atom. The Kier molecular flexibility index (Phi) is 3.43. The van der Waals surface area contributed by atoms with Crippen LogP contribution in [-0.4, -0.2) is 24.2 Å². The van der Waals surface area contributed by atoms with Crippen molar-refractivity contribution >= 4 is 27.6 Å². The minimum absolute atomic E-state index is 0.110. The van der Waals surface area contributed by atoms with Gasteiger partial charge in [0, 0.05) is 17.6 Å². The summed E-state index contributed by atoms with van der Waals surface area (Å²) in [5, 5.41) is 8.92. The van der Waals surface area contributed by atoms with Crippen molar-refractivity contribution in [3.05, 3.63) is 28.7 Å². The van der Waals surface area contributed by atoms with Gasteiger partial charge in [-0.2, -0.15) is 0 Å². The molecule has 0 aliphatic carbocycles. The molecule has 0 spiro atoms. The van der Waals surface area contributed by atoms with Crippen LogP contribution in [0.4, 0.5) is 5.69 Å². The molecule has 4 heteroatoms. The SMILES string of the molecule is CC1(CC(=O)O)CCN(c2ccccc2Br)C1. The van der Waals surface area contributed by atoms with Crippen molar-refractivity contribution in [3.8, 4) is 0 Å². The van der Waals surface area contributed by atoms with E-state index in [0.717, 1.165) is 29.7 Å². The van der Waals surface area contributed by atoms with E-state index in [4.69, 9.17) is 5.11 Å². The monoisotopic (exact) mass is 297 g/mol. The number of rotatable bonds is 3. The number of para-hydroxylation sites is 1. The molecule has 1 N–H and O–H groups in total. The van der Waals surface area contributed by atoms with Gasteiger partial charge in [0.15, 0.2) is 0 Å². The second-order valence-corrected chi connectivity index (χ2v) is 5.86. The van der Waals surface area contributed by atoms with Crippen molar-refractivity contribution in [1.29, 1.82) is 0 Å². The van der Waals surface area contributed by atoms with E-state index in [9.17, 15) is 4.79 Å². The average Bonchev–Trinajstić information content (AvgIpc) is 2.60. The molecule has 1 aromatic rings. The lowest BCUT2D eigenvalue weighted by molar-refractivity contribution is -0.139. The Hall–Kier alpha value is -1.03. The second kappa shape index (κ2) is 4.69. The fraction of sp³-hybridized carbons (Fsp3) is 0.462. The van der Waals surface area contributed by atoms with Crippen LogP contribution < -0.4 is 4.90 Å². The fourth-order valence-corrected chi connectivity index (χ4v) is 2.98. The Morgan fingerprint density at radius 1 is 1.53 bits per heavy atom. The topological polar surface area (TPSA) is 40.5 Å². The summed E-state index contributed by atoms with van der Waals surface area (Å²) in [6.45, 7) is 3.78. The molecule has 1 aliphatic rings. The molecule has 1 unspecified atom stereocenters. The number of halogens is 1. The van der Waals surface area contributed by atoms with E-state index in [0.29, 0.717) is 0 Å². The molecule has 1 fully saturated rings. The van der Waals surface area contributed by atoms with Gasteiger partial charge in [0.1, 0.15) is 0 Å². The molecule has 0 aromatic heterocycles. The highest BCUT2D eigenvalue weighted by atomic mass is 79.9. The molecule has 0 radical (unpaired) electrons. The summed E-state index contributed by atoms with van der Waals surface area (Å²) >= 11 is 3.54. The first-order chi connectivity index (χ1) is 8.00. The van der Waals surface area contributed by atoms with Crippen LogP contribution >= 0.6 is 15.9 Å². The van der Waals surface area contributed by atoms with E-state index in [1.54, 1.807) is 0 Å². The zero-order valence-corrected chi connectivity index (χ0v) is 11.4. The number of aliphatic carboxylic acids is 1. The number of carboxylic acid groups (broad SMARTS) is 1. The predicted molar refractivity (Wildman–Crippen MR) is 71.3 cm³/mol. The molecule has 0 amide bonds. The van der Waals surface area contributed by atoms with Crippen molar-refractivity contribution < 1.29 is 9.90 Å². The number of carbonyl (C=O) groups is 1. The van der Waals surface area contributed by atoms with E-state index in [1.165, 1.54) is 0 Å².